The van der Waals surface area contributed by atoms with Crippen LogP contribution in [-0.2, 0) is 6.42 Å². The highest BCUT2D eigenvalue weighted by Crippen LogP contribution is 2.32. The molecule has 0 aromatic heterocycles. The summed E-state index contributed by atoms with van der Waals surface area (Å²) in [6, 6.07) is 7.81. The fraction of sp³-hybridized carbons (Fsp3) is 0.538. The minimum absolute atomic E-state index is 0.504. The van der Waals surface area contributed by atoms with E-state index in [1.807, 2.05) is 7.05 Å². The van der Waals surface area contributed by atoms with Crippen LogP contribution in [0.5, 0.6) is 0 Å². The maximum absolute atomic E-state index is 3.45. The van der Waals surface area contributed by atoms with Crippen molar-refractivity contribution in [3.63, 3.8) is 0 Å². The van der Waals surface area contributed by atoms with Gasteiger partial charge in [-0.1, -0.05) is 6.07 Å². The summed E-state index contributed by atoms with van der Waals surface area (Å²) in [5, 5.41) is 6.81. The average Bonchev–Trinajstić information content (AvgIpc) is 2.58. The van der Waals surface area contributed by atoms with Gasteiger partial charge in [-0.3, -0.25) is 0 Å². The van der Waals surface area contributed by atoms with Gasteiger partial charge in [-0.2, -0.15) is 0 Å². The molecule has 1 atom stereocenters. The first kappa shape index (κ1) is 10.5. The maximum atomic E-state index is 3.45. The number of rotatable bonds is 3. The van der Waals surface area contributed by atoms with E-state index in [4.69, 9.17) is 0 Å². The normalized spacial score (nSPS) is 19.3. The fourth-order valence-electron chi connectivity index (χ4n) is 2.34. The lowest BCUT2D eigenvalue weighted by Gasteiger charge is -2.13. The third kappa shape index (κ3) is 2.15. The molecule has 0 heterocycles. The third-order valence-corrected chi connectivity index (χ3v) is 3.02. The first-order chi connectivity index (χ1) is 7.20. The van der Waals surface area contributed by atoms with Crippen molar-refractivity contribution in [3.05, 3.63) is 29.3 Å². The third-order valence-electron chi connectivity index (χ3n) is 3.02. The van der Waals surface area contributed by atoms with Crippen LogP contribution < -0.4 is 10.6 Å². The summed E-state index contributed by atoms with van der Waals surface area (Å²) in [5.74, 6) is 0. The number of benzene rings is 1. The Morgan fingerprint density at radius 3 is 2.80 bits per heavy atom. The second kappa shape index (κ2) is 4.23. The molecule has 15 heavy (non-hydrogen) atoms. The molecule has 0 bridgehead atoms. The molecule has 0 radical (unpaired) electrons. The molecule has 2 nitrogen and oxygen atoms in total. The van der Waals surface area contributed by atoms with Gasteiger partial charge in [0.25, 0.3) is 0 Å². The lowest BCUT2D eigenvalue weighted by atomic mass is 10.1. The van der Waals surface area contributed by atoms with Gasteiger partial charge in [-0.05, 0) is 57.0 Å². The Bertz CT molecular complexity index is 344. The smallest absolute Gasteiger partial charge is 0.0345 e. The summed E-state index contributed by atoms with van der Waals surface area (Å²) in [7, 11) is 2.04. The molecule has 1 unspecified atom stereocenters. The second-order valence-electron chi connectivity index (χ2n) is 4.59. The number of nitrogens with one attached hydrogen (secondary N) is 2. The van der Waals surface area contributed by atoms with E-state index in [9.17, 15) is 0 Å². The summed E-state index contributed by atoms with van der Waals surface area (Å²) < 4.78 is 0. The average molecular weight is 204 g/mol. The molecule has 0 saturated carbocycles. The molecule has 1 aliphatic carbocycles. The Labute approximate surface area is 92.1 Å². The van der Waals surface area contributed by atoms with Crippen molar-refractivity contribution < 1.29 is 0 Å². The van der Waals surface area contributed by atoms with E-state index in [-0.39, 0.29) is 0 Å². The monoisotopic (exact) mass is 204 g/mol. The van der Waals surface area contributed by atoms with Crippen LogP contribution in [0.3, 0.4) is 0 Å². The largest absolute Gasteiger partial charge is 0.383 e. The Hall–Kier alpha value is -1.02. The van der Waals surface area contributed by atoms with Crippen LogP contribution in [0, 0.1) is 0 Å². The minimum atomic E-state index is 0.504. The minimum Gasteiger partial charge on any atom is -0.383 e. The molecule has 1 aromatic carbocycles. The van der Waals surface area contributed by atoms with Crippen molar-refractivity contribution in [2.75, 3.05) is 12.4 Å². The van der Waals surface area contributed by atoms with Crippen molar-refractivity contribution in [1.82, 2.24) is 5.32 Å². The lowest BCUT2D eigenvalue weighted by molar-refractivity contribution is 0.590. The molecule has 82 valence electrons. The van der Waals surface area contributed by atoms with Crippen LogP contribution in [0.15, 0.2) is 18.2 Å². The van der Waals surface area contributed by atoms with Crippen molar-refractivity contribution in [2.24, 2.45) is 0 Å². The zero-order chi connectivity index (χ0) is 10.8. The highest BCUT2D eigenvalue weighted by molar-refractivity contribution is 5.51. The Morgan fingerprint density at radius 2 is 2.13 bits per heavy atom. The topological polar surface area (TPSA) is 24.1 Å². The summed E-state index contributed by atoms with van der Waals surface area (Å²) in [6.07, 6.45) is 2.44. The molecule has 1 aromatic rings. The van der Waals surface area contributed by atoms with Crippen LogP contribution in [0.25, 0.3) is 0 Å². The molecule has 2 rings (SSSR count). The van der Waals surface area contributed by atoms with Crippen molar-refractivity contribution in [1.29, 1.82) is 0 Å². The van der Waals surface area contributed by atoms with Crippen LogP contribution in [0.4, 0.5) is 5.69 Å². The van der Waals surface area contributed by atoms with Crippen LogP contribution in [-0.4, -0.2) is 13.1 Å². The highest BCUT2D eigenvalue weighted by Gasteiger charge is 2.20. The van der Waals surface area contributed by atoms with Gasteiger partial charge in [0, 0.05) is 17.8 Å². The van der Waals surface area contributed by atoms with Crippen LogP contribution >= 0.6 is 0 Å². The molecule has 2 heteroatoms. The summed E-state index contributed by atoms with van der Waals surface area (Å²) in [5.41, 5.74) is 4.23. The number of hydrogen-bond donors (Lipinski definition) is 2. The van der Waals surface area contributed by atoms with E-state index in [1.54, 1.807) is 0 Å². The van der Waals surface area contributed by atoms with E-state index in [0.29, 0.717) is 12.1 Å². The highest BCUT2D eigenvalue weighted by atomic mass is 14.9. The maximum Gasteiger partial charge on any atom is 0.0345 e. The molecular formula is C13H20N2. The standard InChI is InChI=1S/C13H20N2/c1-9(2)15-11-5-6-12-10(8-11)4-7-13(12)14-3/h5-6,8-9,13-15H,4,7H2,1-3H3. The number of aryl methyl sites for hydroxylation is 1. The first-order valence-electron chi connectivity index (χ1n) is 5.77. The van der Waals surface area contributed by atoms with Crippen molar-refractivity contribution in [3.8, 4) is 0 Å². The number of hydrogen-bond acceptors (Lipinski definition) is 2. The summed E-state index contributed by atoms with van der Waals surface area (Å²) in [6.45, 7) is 4.34. The Kier molecular flexibility index (Phi) is 2.96. The van der Waals surface area contributed by atoms with E-state index >= 15 is 0 Å². The Balaban J connectivity index is 2.21. The van der Waals surface area contributed by atoms with E-state index in [1.165, 1.54) is 29.7 Å². The lowest BCUT2D eigenvalue weighted by Crippen LogP contribution is -2.13. The molecule has 2 N–H and O–H groups in total. The molecule has 0 saturated heterocycles. The van der Waals surface area contributed by atoms with Crippen LogP contribution in [0.2, 0.25) is 0 Å². The number of anilines is 1. The van der Waals surface area contributed by atoms with Gasteiger partial charge in [0.2, 0.25) is 0 Å². The SMILES string of the molecule is CNC1CCc2cc(NC(C)C)ccc21. The molecule has 0 aliphatic heterocycles. The van der Waals surface area contributed by atoms with Gasteiger partial charge in [0.05, 0.1) is 0 Å². The van der Waals surface area contributed by atoms with Gasteiger partial charge in [-0.15, -0.1) is 0 Å². The second-order valence-corrected chi connectivity index (χ2v) is 4.59. The van der Waals surface area contributed by atoms with E-state index in [2.05, 4.69) is 42.7 Å². The molecule has 0 amide bonds. The zero-order valence-corrected chi connectivity index (χ0v) is 9.80. The summed E-state index contributed by atoms with van der Waals surface area (Å²) in [4.78, 5) is 0. The predicted octanol–water partition coefficient (Wildman–Crippen LogP) is 2.71. The summed E-state index contributed by atoms with van der Waals surface area (Å²) >= 11 is 0. The zero-order valence-electron chi connectivity index (χ0n) is 9.80. The van der Waals surface area contributed by atoms with Crippen LogP contribution in [0.1, 0.15) is 37.4 Å². The Morgan fingerprint density at radius 1 is 1.33 bits per heavy atom. The van der Waals surface area contributed by atoms with Gasteiger partial charge < -0.3 is 10.6 Å². The van der Waals surface area contributed by atoms with Gasteiger partial charge >= 0.3 is 0 Å². The molecule has 0 spiro atoms. The fourth-order valence-corrected chi connectivity index (χ4v) is 2.34. The van der Waals surface area contributed by atoms with E-state index < -0.39 is 0 Å². The van der Waals surface area contributed by atoms with Crippen molar-refractivity contribution in [2.45, 2.75) is 38.8 Å². The van der Waals surface area contributed by atoms with Gasteiger partial charge in [0.1, 0.15) is 0 Å². The van der Waals surface area contributed by atoms with Crippen molar-refractivity contribution >= 4 is 5.69 Å². The van der Waals surface area contributed by atoms with Gasteiger partial charge in [0.15, 0.2) is 0 Å². The quantitative estimate of drug-likeness (QED) is 0.791. The molecular weight excluding hydrogens is 184 g/mol. The number of fused-ring (bicyclic) bond motifs is 1. The van der Waals surface area contributed by atoms with E-state index in [0.717, 1.165) is 0 Å². The first-order valence-corrected chi connectivity index (χ1v) is 5.77. The molecule has 0 fully saturated rings. The van der Waals surface area contributed by atoms with Gasteiger partial charge in [-0.25, -0.2) is 0 Å². The molecule has 1 aliphatic rings. The predicted molar refractivity (Wildman–Crippen MR) is 65.3 cm³/mol.